The van der Waals surface area contributed by atoms with Gasteiger partial charge in [-0.1, -0.05) is 11.6 Å². The second-order valence-electron chi connectivity index (χ2n) is 5.85. The Balaban J connectivity index is 1.49. The number of halogens is 1. The predicted molar refractivity (Wildman–Crippen MR) is 84.6 cm³/mol. The highest BCUT2D eigenvalue weighted by Gasteiger charge is 2.23. The topological polar surface area (TPSA) is 15.7 Å². The third-order valence-electron chi connectivity index (χ3n) is 4.28. The fourth-order valence-electron chi connectivity index (χ4n) is 3.23. The van der Waals surface area contributed by atoms with Gasteiger partial charge >= 0.3 is 0 Å². The van der Waals surface area contributed by atoms with Crippen LogP contribution in [0.3, 0.4) is 0 Å². The van der Waals surface area contributed by atoms with Crippen molar-refractivity contribution in [1.82, 2.24) is 9.80 Å². The van der Waals surface area contributed by atoms with Gasteiger partial charge in [0.25, 0.3) is 0 Å². The lowest BCUT2D eigenvalue weighted by Crippen LogP contribution is -2.44. The molecule has 1 aromatic rings. The maximum atomic E-state index is 6.21. The average Bonchev–Trinajstić information content (AvgIpc) is 2.86. The summed E-state index contributed by atoms with van der Waals surface area (Å²) in [5.74, 6) is 0.806. The zero-order valence-electron chi connectivity index (χ0n) is 11.9. The van der Waals surface area contributed by atoms with Crippen LogP contribution < -0.4 is 0 Å². The van der Waals surface area contributed by atoms with Gasteiger partial charge in [-0.05, 0) is 36.8 Å². The maximum Gasteiger partial charge on any atom is 0.0594 e. The van der Waals surface area contributed by atoms with Crippen molar-refractivity contribution in [1.29, 1.82) is 0 Å². The quantitative estimate of drug-likeness (QED) is 0.850. The lowest BCUT2D eigenvalue weighted by molar-refractivity contribution is 0.0225. The van der Waals surface area contributed by atoms with E-state index in [2.05, 4.69) is 15.2 Å². The highest BCUT2D eigenvalue weighted by molar-refractivity contribution is 7.10. The first kappa shape index (κ1) is 14.8. The fourth-order valence-corrected chi connectivity index (χ4v) is 4.37. The van der Waals surface area contributed by atoms with E-state index >= 15 is 0 Å². The number of rotatable bonds is 4. The van der Waals surface area contributed by atoms with E-state index in [1.165, 1.54) is 37.4 Å². The van der Waals surface area contributed by atoms with Crippen LogP contribution >= 0.6 is 22.9 Å². The summed E-state index contributed by atoms with van der Waals surface area (Å²) >= 11 is 7.99. The van der Waals surface area contributed by atoms with E-state index in [-0.39, 0.29) is 0 Å². The van der Waals surface area contributed by atoms with E-state index < -0.39 is 0 Å². The molecule has 2 aliphatic heterocycles. The summed E-state index contributed by atoms with van der Waals surface area (Å²) in [5, 5.41) is 3.03. The van der Waals surface area contributed by atoms with Crippen LogP contribution in [0, 0.1) is 5.92 Å². The Hall–Kier alpha value is -0.130. The van der Waals surface area contributed by atoms with Crippen molar-refractivity contribution >= 4 is 22.9 Å². The zero-order chi connectivity index (χ0) is 13.8. The second kappa shape index (κ2) is 7.23. The number of thiophene rings is 1. The van der Waals surface area contributed by atoms with Crippen LogP contribution in [0.2, 0.25) is 5.02 Å². The van der Waals surface area contributed by atoms with Crippen LogP contribution in [0.1, 0.15) is 17.7 Å². The molecule has 1 atom stereocenters. The Morgan fingerprint density at radius 3 is 2.85 bits per heavy atom. The van der Waals surface area contributed by atoms with Crippen LogP contribution in [0.15, 0.2) is 11.4 Å². The van der Waals surface area contributed by atoms with Crippen molar-refractivity contribution in [3.8, 4) is 0 Å². The van der Waals surface area contributed by atoms with Gasteiger partial charge in [-0.2, -0.15) is 0 Å². The molecule has 0 aliphatic carbocycles. The Kier molecular flexibility index (Phi) is 5.35. The molecular formula is C15H23ClN2OS. The molecule has 20 heavy (non-hydrogen) atoms. The molecule has 112 valence electrons. The molecule has 0 amide bonds. The predicted octanol–water partition coefficient (Wildman–Crippen LogP) is 2.95. The third-order valence-corrected chi connectivity index (χ3v) is 5.65. The first-order chi connectivity index (χ1) is 9.81. The number of morpholine rings is 1. The summed E-state index contributed by atoms with van der Waals surface area (Å²) in [6.07, 6.45) is 2.68. The molecule has 3 rings (SSSR count). The number of nitrogens with zero attached hydrogens (tertiary/aromatic N) is 2. The van der Waals surface area contributed by atoms with Gasteiger partial charge < -0.3 is 4.74 Å². The molecule has 2 fully saturated rings. The standard InChI is InChI=1S/C15H23ClN2OS/c16-14-3-9-20-15(14)12-18-4-1-2-13(11-18)10-17-5-7-19-8-6-17/h3,9,13H,1-2,4-8,10-12H2/t13-/m0/s1. The largest absolute Gasteiger partial charge is 0.379 e. The minimum absolute atomic E-state index is 0.806. The molecule has 0 unspecified atom stereocenters. The van der Waals surface area contributed by atoms with Crippen molar-refractivity contribution in [2.24, 2.45) is 5.92 Å². The summed E-state index contributed by atoms with van der Waals surface area (Å²) in [6.45, 7) is 8.70. The van der Waals surface area contributed by atoms with Gasteiger partial charge in [0.1, 0.15) is 0 Å². The molecule has 0 saturated carbocycles. The SMILES string of the molecule is Clc1ccsc1CN1CCC[C@@H](CN2CCOCC2)C1. The van der Waals surface area contributed by atoms with Crippen LogP contribution in [0.4, 0.5) is 0 Å². The number of ether oxygens (including phenoxy) is 1. The van der Waals surface area contributed by atoms with Crippen molar-refractivity contribution in [2.75, 3.05) is 45.9 Å². The smallest absolute Gasteiger partial charge is 0.0594 e. The number of hydrogen-bond acceptors (Lipinski definition) is 4. The lowest BCUT2D eigenvalue weighted by Gasteiger charge is -2.36. The monoisotopic (exact) mass is 314 g/mol. The molecule has 0 aromatic carbocycles. The minimum atomic E-state index is 0.806. The Labute approximate surface area is 130 Å². The summed E-state index contributed by atoms with van der Waals surface area (Å²) in [5.41, 5.74) is 0. The lowest BCUT2D eigenvalue weighted by atomic mass is 9.97. The van der Waals surface area contributed by atoms with E-state index in [9.17, 15) is 0 Å². The molecule has 3 nitrogen and oxygen atoms in total. The molecule has 5 heteroatoms. The van der Waals surface area contributed by atoms with Crippen molar-refractivity contribution in [3.05, 3.63) is 21.3 Å². The van der Waals surface area contributed by atoms with Gasteiger partial charge in [0.15, 0.2) is 0 Å². The van der Waals surface area contributed by atoms with Crippen LogP contribution in [-0.2, 0) is 11.3 Å². The average molecular weight is 315 g/mol. The highest BCUT2D eigenvalue weighted by atomic mass is 35.5. The number of piperidine rings is 1. The van der Waals surface area contributed by atoms with Crippen LogP contribution in [0.25, 0.3) is 0 Å². The molecule has 3 heterocycles. The van der Waals surface area contributed by atoms with E-state index in [4.69, 9.17) is 16.3 Å². The molecule has 2 saturated heterocycles. The molecule has 0 N–H and O–H groups in total. The first-order valence-corrected chi connectivity index (χ1v) is 8.81. The van der Waals surface area contributed by atoms with Crippen LogP contribution in [0.5, 0.6) is 0 Å². The fraction of sp³-hybridized carbons (Fsp3) is 0.733. The van der Waals surface area contributed by atoms with E-state index in [0.717, 1.165) is 43.8 Å². The first-order valence-electron chi connectivity index (χ1n) is 7.55. The van der Waals surface area contributed by atoms with Crippen molar-refractivity contribution in [3.63, 3.8) is 0 Å². The Morgan fingerprint density at radius 1 is 1.25 bits per heavy atom. The van der Waals surface area contributed by atoms with E-state index in [1.807, 2.05) is 6.07 Å². The Bertz CT molecular complexity index is 420. The number of likely N-dealkylation sites (tertiary alicyclic amines) is 1. The van der Waals surface area contributed by atoms with Crippen molar-refractivity contribution in [2.45, 2.75) is 19.4 Å². The van der Waals surface area contributed by atoms with Gasteiger partial charge in [0, 0.05) is 37.6 Å². The summed E-state index contributed by atoms with van der Waals surface area (Å²) in [6, 6.07) is 2.01. The van der Waals surface area contributed by atoms with E-state index in [1.54, 1.807) is 11.3 Å². The number of hydrogen-bond donors (Lipinski definition) is 0. The summed E-state index contributed by atoms with van der Waals surface area (Å²) in [7, 11) is 0. The molecule has 2 aliphatic rings. The normalized spacial score (nSPS) is 25.9. The van der Waals surface area contributed by atoms with Gasteiger partial charge in [-0.15, -0.1) is 11.3 Å². The van der Waals surface area contributed by atoms with Gasteiger partial charge in [0.05, 0.1) is 18.2 Å². The molecule has 0 bridgehead atoms. The molecule has 0 radical (unpaired) electrons. The zero-order valence-corrected chi connectivity index (χ0v) is 13.5. The van der Waals surface area contributed by atoms with E-state index in [0.29, 0.717) is 0 Å². The second-order valence-corrected chi connectivity index (χ2v) is 7.26. The Morgan fingerprint density at radius 2 is 2.10 bits per heavy atom. The van der Waals surface area contributed by atoms with Gasteiger partial charge in [-0.3, -0.25) is 9.80 Å². The molecule has 0 spiro atoms. The molecule has 1 aromatic heterocycles. The maximum absolute atomic E-state index is 6.21. The summed E-state index contributed by atoms with van der Waals surface area (Å²) < 4.78 is 5.43. The highest BCUT2D eigenvalue weighted by Crippen LogP contribution is 2.26. The van der Waals surface area contributed by atoms with Gasteiger partial charge in [0.2, 0.25) is 0 Å². The summed E-state index contributed by atoms with van der Waals surface area (Å²) in [4.78, 5) is 6.46. The minimum Gasteiger partial charge on any atom is -0.379 e. The third kappa shape index (κ3) is 3.95. The van der Waals surface area contributed by atoms with Crippen molar-refractivity contribution < 1.29 is 4.74 Å². The van der Waals surface area contributed by atoms with Gasteiger partial charge in [-0.25, -0.2) is 0 Å². The van der Waals surface area contributed by atoms with Crippen LogP contribution in [-0.4, -0.2) is 55.7 Å². The molecular weight excluding hydrogens is 292 g/mol.